The maximum Gasteiger partial charge on any atom is 0.256 e. The molecule has 10 nitrogen and oxygen atoms in total. The molecule has 2 fully saturated rings. The number of aromatic amines is 1. The van der Waals surface area contributed by atoms with Crippen molar-refractivity contribution >= 4 is 29.0 Å². The lowest BCUT2D eigenvalue weighted by Crippen LogP contribution is -2.44. The molecule has 10 heteroatoms. The molecule has 0 spiro atoms. The zero-order valence-corrected chi connectivity index (χ0v) is 21.5. The number of nitrogens with two attached hydrogens (primary N) is 1. The number of aryl methyl sites for hydroxylation is 2. The van der Waals surface area contributed by atoms with Crippen LogP contribution < -0.4 is 21.3 Å². The molecule has 0 aliphatic carbocycles. The predicted molar refractivity (Wildman–Crippen MR) is 146 cm³/mol. The number of phenols is 1. The van der Waals surface area contributed by atoms with Crippen LogP contribution in [0.3, 0.4) is 0 Å². The van der Waals surface area contributed by atoms with Gasteiger partial charge >= 0.3 is 0 Å². The molecule has 2 aliphatic rings. The fraction of sp³-hybridized carbons (Fsp3) is 0.444. The number of benzene rings is 1. The number of aromatic nitrogens is 3. The van der Waals surface area contributed by atoms with Gasteiger partial charge in [0.1, 0.15) is 22.9 Å². The van der Waals surface area contributed by atoms with E-state index in [9.17, 15) is 9.90 Å². The summed E-state index contributed by atoms with van der Waals surface area (Å²) >= 11 is 0. The Bertz CT molecular complexity index is 1220. The molecule has 6 N–H and O–H groups in total. The number of rotatable bonds is 8. The predicted octanol–water partition coefficient (Wildman–Crippen LogP) is 3.65. The number of nitrogens with one attached hydrogen (secondary N) is 3. The van der Waals surface area contributed by atoms with E-state index in [1.165, 1.54) is 38.8 Å². The Morgan fingerprint density at radius 2 is 1.84 bits per heavy atom. The lowest BCUT2D eigenvalue weighted by molar-refractivity contribution is 0.100. The molecule has 3 aromatic rings. The number of phenolic OH excluding ortho intramolecular Hbond substituents is 1. The zero-order valence-electron chi connectivity index (χ0n) is 21.5. The standard InChI is InChI=1S/C27H36N8O2/c1-17-13-19(14-18(2)24(17)36)15-30-26-23(25(28)37)27(33-32-26)31-20-5-6-22(29-16-20)35-11-7-21(8-12-35)34-9-3-4-10-34/h5-6,13-14,16,21,36H,3-4,7-12,15H2,1-2H3,(H2,28,37)(H3,30,31,32,33). The van der Waals surface area contributed by atoms with Gasteiger partial charge in [-0.3, -0.25) is 9.89 Å². The van der Waals surface area contributed by atoms with E-state index in [1.807, 2.05) is 38.1 Å². The molecule has 0 unspecified atom stereocenters. The number of aromatic hydroxyl groups is 1. The maximum absolute atomic E-state index is 12.3. The number of hydrogen-bond donors (Lipinski definition) is 5. The molecule has 0 bridgehead atoms. The van der Waals surface area contributed by atoms with Crippen LogP contribution in [0.1, 0.15) is 52.7 Å². The van der Waals surface area contributed by atoms with Crippen LogP contribution >= 0.6 is 0 Å². The van der Waals surface area contributed by atoms with E-state index in [2.05, 4.69) is 35.6 Å². The summed E-state index contributed by atoms with van der Waals surface area (Å²) in [7, 11) is 0. The third-order valence-corrected chi connectivity index (χ3v) is 7.49. The Morgan fingerprint density at radius 1 is 1.14 bits per heavy atom. The van der Waals surface area contributed by atoms with Gasteiger partial charge in [0.2, 0.25) is 0 Å². The lowest BCUT2D eigenvalue weighted by atomic mass is 10.0. The van der Waals surface area contributed by atoms with Crippen LogP contribution in [0.4, 0.5) is 23.1 Å². The molecule has 0 radical (unpaired) electrons. The van der Waals surface area contributed by atoms with Gasteiger partial charge in [0.25, 0.3) is 5.91 Å². The van der Waals surface area contributed by atoms with Gasteiger partial charge in [-0.15, -0.1) is 0 Å². The first-order valence-corrected chi connectivity index (χ1v) is 13.0. The van der Waals surface area contributed by atoms with Crippen LogP contribution in [0.25, 0.3) is 0 Å². The van der Waals surface area contributed by atoms with Gasteiger partial charge in [-0.25, -0.2) is 4.98 Å². The van der Waals surface area contributed by atoms with Crippen molar-refractivity contribution in [2.75, 3.05) is 41.7 Å². The number of likely N-dealkylation sites (tertiary alicyclic amines) is 1. The van der Waals surface area contributed by atoms with E-state index in [0.29, 0.717) is 30.0 Å². The van der Waals surface area contributed by atoms with E-state index >= 15 is 0 Å². The number of anilines is 4. The molecule has 37 heavy (non-hydrogen) atoms. The molecule has 0 atom stereocenters. The van der Waals surface area contributed by atoms with Crippen LogP contribution in [-0.2, 0) is 6.54 Å². The summed E-state index contributed by atoms with van der Waals surface area (Å²) in [5.41, 5.74) is 9.23. The third kappa shape index (κ3) is 5.48. The smallest absolute Gasteiger partial charge is 0.256 e. The summed E-state index contributed by atoms with van der Waals surface area (Å²) in [4.78, 5) is 21.9. The first-order chi connectivity index (χ1) is 17.9. The second-order valence-corrected chi connectivity index (χ2v) is 10.1. The Labute approximate surface area is 217 Å². The van der Waals surface area contributed by atoms with E-state index in [1.54, 1.807) is 6.20 Å². The van der Waals surface area contributed by atoms with Gasteiger partial charge in [0, 0.05) is 25.7 Å². The van der Waals surface area contributed by atoms with E-state index in [0.717, 1.165) is 41.3 Å². The SMILES string of the molecule is Cc1cc(CNc2n[nH]c(Nc3ccc(N4CCC(N5CCCC5)CC4)nc3)c2C(N)=O)cc(C)c1O. The van der Waals surface area contributed by atoms with Gasteiger partial charge in [0.15, 0.2) is 5.82 Å². The highest BCUT2D eigenvalue weighted by molar-refractivity contribution is 6.03. The monoisotopic (exact) mass is 504 g/mol. The van der Waals surface area contributed by atoms with E-state index in [4.69, 9.17) is 5.73 Å². The number of H-pyrrole nitrogens is 1. The molecule has 1 aromatic carbocycles. The normalized spacial score (nSPS) is 16.8. The van der Waals surface area contributed by atoms with Gasteiger partial charge < -0.3 is 31.3 Å². The number of piperidine rings is 1. The number of carbonyl (C=O) groups excluding carboxylic acids is 1. The largest absolute Gasteiger partial charge is 0.507 e. The molecule has 2 aromatic heterocycles. The topological polar surface area (TPSA) is 135 Å². The van der Waals surface area contributed by atoms with Crippen molar-refractivity contribution in [1.82, 2.24) is 20.1 Å². The molecular weight excluding hydrogens is 468 g/mol. The lowest BCUT2D eigenvalue weighted by Gasteiger charge is -2.37. The van der Waals surface area contributed by atoms with Gasteiger partial charge in [-0.05, 0) is 81.4 Å². The number of hydrogen-bond acceptors (Lipinski definition) is 8. The minimum Gasteiger partial charge on any atom is -0.507 e. The van der Waals surface area contributed by atoms with Gasteiger partial charge in [0.05, 0.1) is 11.9 Å². The van der Waals surface area contributed by atoms with Crippen LogP contribution in [-0.4, -0.2) is 63.3 Å². The van der Waals surface area contributed by atoms with E-state index in [-0.39, 0.29) is 5.56 Å². The molecule has 2 aliphatic heterocycles. The Morgan fingerprint density at radius 3 is 2.46 bits per heavy atom. The highest BCUT2D eigenvalue weighted by Crippen LogP contribution is 2.28. The minimum atomic E-state index is -0.595. The summed E-state index contributed by atoms with van der Waals surface area (Å²) in [6.07, 6.45) is 6.79. The summed E-state index contributed by atoms with van der Waals surface area (Å²) in [5, 5.41) is 23.5. The molecule has 196 valence electrons. The van der Waals surface area contributed by atoms with Crippen molar-refractivity contribution in [3.8, 4) is 5.75 Å². The van der Waals surface area contributed by atoms with Crippen LogP contribution in [0.15, 0.2) is 30.5 Å². The van der Waals surface area contributed by atoms with Crippen molar-refractivity contribution in [1.29, 1.82) is 0 Å². The van der Waals surface area contributed by atoms with Crippen molar-refractivity contribution in [3.05, 3.63) is 52.7 Å². The highest BCUT2D eigenvalue weighted by Gasteiger charge is 2.27. The second kappa shape index (κ2) is 10.7. The minimum absolute atomic E-state index is 0.250. The average molecular weight is 505 g/mol. The first-order valence-electron chi connectivity index (χ1n) is 13.0. The molecule has 0 saturated carbocycles. The summed E-state index contributed by atoms with van der Waals surface area (Å²) in [6, 6.07) is 8.46. The number of pyridine rings is 1. The second-order valence-electron chi connectivity index (χ2n) is 10.1. The molecule has 4 heterocycles. The number of carbonyl (C=O) groups is 1. The van der Waals surface area contributed by atoms with Crippen molar-refractivity contribution in [3.63, 3.8) is 0 Å². The summed E-state index contributed by atoms with van der Waals surface area (Å²) in [5.74, 6) is 1.44. The molecule has 5 rings (SSSR count). The summed E-state index contributed by atoms with van der Waals surface area (Å²) in [6.45, 7) is 8.66. The third-order valence-electron chi connectivity index (χ3n) is 7.49. The van der Waals surface area contributed by atoms with Crippen LogP contribution in [0.2, 0.25) is 0 Å². The van der Waals surface area contributed by atoms with Crippen LogP contribution in [0, 0.1) is 13.8 Å². The Hall–Kier alpha value is -3.79. The average Bonchev–Trinajstić information content (AvgIpc) is 3.57. The van der Waals surface area contributed by atoms with Gasteiger partial charge in [-0.2, -0.15) is 5.10 Å². The maximum atomic E-state index is 12.3. The van der Waals surface area contributed by atoms with Crippen molar-refractivity contribution < 1.29 is 9.90 Å². The quantitative estimate of drug-likeness (QED) is 0.314. The Kier molecular flexibility index (Phi) is 7.18. The Balaban J connectivity index is 1.22. The summed E-state index contributed by atoms with van der Waals surface area (Å²) < 4.78 is 0. The number of primary amides is 1. The molecule has 2 saturated heterocycles. The van der Waals surface area contributed by atoms with Crippen LogP contribution in [0.5, 0.6) is 5.75 Å². The first kappa shape index (κ1) is 24.9. The van der Waals surface area contributed by atoms with Crippen molar-refractivity contribution in [2.45, 2.75) is 52.1 Å². The fourth-order valence-electron chi connectivity index (χ4n) is 5.49. The van der Waals surface area contributed by atoms with E-state index < -0.39 is 5.91 Å². The molecule has 1 amide bonds. The number of amides is 1. The highest BCUT2D eigenvalue weighted by atomic mass is 16.3. The molecular formula is C27H36N8O2. The van der Waals surface area contributed by atoms with Crippen molar-refractivity contribution in [2.24, 2.45) is 5.73 Å². The van der Waals surface area contributed by atoms with Gasteiger partial charge in [-0.1, -0.05) is 12.1 Å². The fourth-order valence-corrected chi connectivity index (χ4v) is 5.49. The zero-order chi connectivity index (χ0) is 25.9. The number of nitrogens with zero attached hydrogens (tertiary/aromatic N) is 4.